The zero-order chi connectivity index (χ0) is 49.1. The van der Waals surface area contributed by atoms with E-state index in [9.17, 15) is 14.4 Å². The Morgan fingerprint density at radius 3 is 0.776 bits per heavy atom. The van der Waals surface area contributed by atoms with Crippen LogP contribution in [0.25, 0.3) is 0 Å². The smallest absolute Gasteiger partial charge is 0.306 e. The molecule has 0 rings (SSSR count). The van der Waals surface area contributed by atoms with Crippen LogP contribution in [-0.4, -0.2) is 37.2 Å². The van der Waals surface area contributed by atoms with Gasteiger partial charge in [0.05, 0.1) is 0 Å². The number of ether oxygens (including phenoxy) is 3. The van der Waals surface area contributed by atoms with Gasteiger partial charge >= 0.3 is 17.9 Å². The van der Waals surface area contributed by atoms with Gasteiger partial charge in [-0.2, -0.15) is 0 Å². The lowest BCUT2D eigenvalue weighted by Crippen LogP contribution is -2.30. The molecule has 3 atom stereocenters. The minimum absolute atomic E-state index is 0.0636. The van der Waals surface area contributed by atoms with E-state index in [-0.39, 0.29) is 31.1 Å². The average Bonchev–Trinajstić information content (AvgIpc) is 3.31. The summed E-state index contributed by atoms with van der Waals surface area (Å²) in [4.78, 5) is 38.2. The maximum Gasteiger partial charge on any atom is 0.306 e. The van der Waals surface area contributed by atoms with E-state index in [4.69, 9.17) is 14.2 Å². The Labute approximate surface area is 418 Å². The van der Waals surface area contributed by atoms with Crippen LogP contribution in [0.5, 0.6) is 0 Å². The summed E-state index contributed by atoms with van der Waals surface area (Å²) >= 11 is 0. The number of unbranched alkanes of at least 4 members (excludes halogenated alkanes) is 35. The third kappa shape index (κ3) is 52.1. The summed E-state index contributed by atoms with van der Waals surface area (Å²) in [6.45, 7) is 13.8. The summed E-state index contributed by atoms with van der Waals surface area (Å²) in [5.74, 6) is 1.75. The minimum atomic E-state index is -0.764. The topological polar surface area (TPSA) is 78.9 Å². The van der Waals surface area contributed by atoms with E-state index in [0.29, 0.717) is 19.3 Å². The second-order valence-corrected chi connectivity index (χ2v) is 21.9. The molecule has 0 aromatic heterocycles. The molecule has 6 heteroatoms. The third-order valence-electron chi connectivity index (χ3n) is 14.6. The summed E-state index contributed by atoms with van der Waals surface area (Å²) in [5.41, 5.74) is 0. The quantitative estimate of drug-likeness (QED) is 0.0343. The van der Waals surface area contributed by atoms with Crippen molar-refractivity contribution < 1.29 is 28.6 Å². The van der Waals surface area contributed by atoms with Crippen molar-refractivity contribution in [3.63, 3.8) is 0 Å². The van der Waals surface area contributed by atoms with Crippen molar-refractivity contribution in [3.8, 4) is 0 Å². The van der Waals surface area contributed by atoms with E-state index in [1.54, 1.807) is 0 Å². The van der Waals surface area contributed by atoms with Crippen molar-refractivity contribution in [2.45, 2.75) is 343 Å². The fraction of sp³-hybridized carbons (Fsp3) is 0.951. The van der Waals surface area contributed by atoms with Crippen LogP contribution in [0.3, 0.4) is 0 Å². The summed E-state index contributed by atoms with van der Waals surface area (Å²) in [5, 5.41) is 0. The molecule has 0 aromatic carbocycles. The zero-order valence-electron chi connectivity index (χ0n) is 46.2. The van der Waals surface area contributed by atoms with Crippen molar-refractivity contribution in [1.29, 1.82) is 0 Å². The molecule has 0 N–H and O–H groups in total. The SMILES string of the molecule is CCC(C)CCCCCCCCCCCCCCCCC(=O)OC[C@@H](COC(=O)CCCCCCCCCCCCCCCCCCC(C)C)OC(=O)CCCCCCCCCCC(C)CC. The highest BCUT2D eigenvalue weighted by Crippen LogP contribution is 2.19. The van der Waals surface area contributed by atoms with Crippen LogP contribution in [-0.2, 0) is 28.6 Å². The van der Waals surface area contributed by atoms with E-state index in [0.717, 1.165) is 75.5 Å². The molecule has 0 spiro atoms. The molecule has 398 valence electrons. The van der Waals surface area contributed by atoms with Gasteiger partial charge in [0.15, 0.2) is 6.10 Å². The lowest BCUT2D eigenvalue weighted by atomic mass is 9.99. The maximum absolute atomic E-state index is 12.8. The van der Waals surface area contributed by atoms with Crippen LogP contribution in [0, 0.1) is 17.8 Å². The Kier molecular flexibility index (Phi) is 51.0. The van der Waals surface area contributed by atoms with E-state index in [2.05, 4.69) is 41.5 Å². The normalized spacial score (nSPS) is 12.9. The minimum Gasteiger partial charge on any atom is -0.462 e. The standard InChI is InChI=1S/C61H118O6/c1-7-56(5)48-42-36-30-24-20-16-13-14-18-22-26-33-39-45-51-60(63)66-54-58(67-61(64)52-46-40-34-28-27-31-37-43-49-57(6)8-2)53-65-59(62)50-44-38-32-25-21-17-12-10-9-11-15-19-23-29-35-41-47-55(3)4/h55-58H,7-54H2,1-6H3/t56?,57?,58-/m1/s1. The van der Waals surface area contributed by atoms with Crippen LogP contribution in [0.4, 0.5) is 0 Å². The Morgan fingerprint density at radius 2 is 0.522 bits per heavy atom. The number of hydrogen-bond acceptors (Lipinski definition) is 6. The third-order valence-corrected chi connectivity index (χ3v) is 14.6. The molecule has 0 aliphatic heterocycles. The van der Waals surface area contributed by atoms with Crippen LogP contribution < -0.4 is 0 Å². The molecule has 0 aliphatic rings. The second kappa shape index (κ2) is 52.2. The molecule has 0 saturated carbocycles. The molecule has 0 amide bonds. The van der Waals surface area contributed by atoms with Gasteiger partial charge in [-0.3, -0.25) is 14.4 Å². The first-order valence-corrected chi connectivity index (χ1v) is 30.2. The van der Waals surface area contributed by atoms with Gasteiger partial charge in [-0.05, 0) is 37.0 Å². The van der Waals surface area contributed by atoms with E-state index < -0.39 is 6.10 Å². The largest absolute Gasteiger partial charge is 0.462 e. The Hall–Kier alpha value is -1.59. The molecule has 0 aliphatic carbocycles. The average molecular weight is 948 g/mol. The van der Waals surface area contributed by atoms with Gasteiger partial charge < -0.3 is 14.2 Å². The number of carbonyl (C=O) groups is 3. The predicted octanol–water partition coefficient (Wildman–Crippen LogP) is 19.9. The fourth-order valence-corrected chi connectivity index (χ4v) is 9.29. The van der Waals surface area contributed by atoms with E-state index >= 15 is 0 Å². The molecule has 6 nitrogen and oxygen atoms in total. The van der Waals surface area contributed by atoms with E-state index in [1.807, 2.05) is 0 Å². The van der Waals surface area contributed by atoms with Gasteiger partial charge in [-0.25, -0.2) is 0 Å². The van der Waals surface area contributed by atoms with Crippen LogP contribution >= 0.6 is 0 Å². The molecule has 0 fully saturated rings. The molecule has 0 heterocycles. The Balaban J connectivity index is 4.26. The molecule has 0 radical (unpaired) electrons. The lowest BCUT2D eigenvalue weighted by Gasteiger charge is -2.18. The predicted molar refractivity (Wildman–Crippen MR) is 289 cm³/mol. The summed E-state index contributed by atoms with van der Waals surface area (Å²) in [6.07, 6.45) is 55.2. The first-order chi connectivity index (χ1) is 32.7. The van der Waals surface area contributed by atoms with Crippen molar-refractivity contribution in [2.75, 3.05) is 13.2 Å². The van der Waals surface area contributed by atoms with Crippen molar-refractivity contribution in [1.82, 2.24) is 0 Å². The van der Waals surface area contributed by atoms with Crippen molar-refractivity contribution >= 4 is 17.9 Å². The van der Waals surface area contributed by atoms with Crippen molar-refractivity contribution in [3.05, 3.63) is 0 Å². The van der Waals surface area contributed by atoms with Gasteiger partial charge in [0.2, 0.25) is 0 Å². The molecule has 2 unspecified atom stereocenters. The Bertz CT molecular complexity index is 1040. The summed E-state index contributed by atoms with van der Waals surface area (Å²) in [7, 11) is 0. The second-order valence-electron chi connectivity index (χ2n) is 21.9. The zero-order valence-corrected chi connectivity index (χ0v) is 46.2. The molecule has 67 heavy (non-hydrogen) atoms. The van der Waals surface area contributed by atoms with Crippen LogP contribution in [0.2, 0.25) is 0 Å². The summed E-state index contributed by atoms with van der Waals surface area (Å²) < 4.78 is 16.9. The van der Waals surface area contributed by atoms with Crippen LogP contribution in [0.1, 0.15) is 337 Å². The van der Waals surface area contributed by atoms with E-state index in [1.165, 1.54) is 218 Å². The van der Waals surface area contributed by atoms with Gasteiger partial charge in [0, 0.05) is 19.3 Å². The van der Waals surface area contributed by atoms with Crippen LogP contribution in [0.15, 0.2) is 0 Å². The highest BCUT2D eigenvalue weighted by atomic mass is 16.6. The van der Waals surface area contributed by atoms with Gasteiger partial charge in [0.1, 0.15) is 13.2 Å². The van der Waals surface area contributed by atoms with Gasteiger partial charge in [0.25, 0.3) is 0 Å². The molecular formula is C61H118O6. The number of carbonyl (C=O) groups excluding carboxylic acids is 3. The van der Waals surface area contributed by atoms with Crippen molar-refractivity contribution in [2.24, 2.45) is 17.8 Å². The lowest BCUT2D eigenvalue weighted by molar-refractivity contribution is -0.167. The van der Waals surface area contributed by atoms with Gasteiger partial charge in [-0.15, -0.1) is 0 Å². The number of rotatable bonds is 54. The number of esters is 3. The molecule has 0 saturated heterocycles. The first kappa shape index (κ1) is 65.4. The molecule has 0 bridgehead atoms. The summed E-state index contributed by atoms with van der Waals surface area (Å²) in [6, 6.07) is 0. The first-order valence-electron chi connectivity index (χ1n) is 30.2. The molecular weight excluding hydrogens is 829 g/mol. The highest BCUT2D eigenvalue weighted by Gasteiger charge is 2.19. The molecule has 0 aromatic rings. The van der Waals surface area contributed by atoms with Gasteiger partial charge in [-0.1, -0.05) is 298 Å². The Morgan fingerprint density at radius 1 is 0.299 bits per heavy atom. The monoisotopic (exact) mass is 947 g/mol. The highest BCUT2D eigenvalue weighted by molar-refractivity contribution is 5.71. The fourth-order valence-electron chi connectivity index (χ4n) is 9.29. The number of hydrogen-bond donors (Lipinski definition) is 0. The maximum atomic E-state index is 12.8.